The third kappa shape index (κ3) is 8.93. The van der Waals surface area contributed by atoms with Gasteiger partial charge in [-0.25, -0.2) is 0 Å². The summed E-state index contributed by atoms with van der Waals surface area (Å²) in [6.45, 7) is 0. The summed E-state index contributed by atoms with van der Waals surface area (Å²) in [7, 11) is 0. The van der Waals surface area contributed by atoms with Crippen LogP contribution < -0.4 is 0 Å². The zero-order valence-corrected chi connectivity index (χ0v) is 11.9. The molecule has 2 rings (SSSR count). The van der Waals surface area contributed by atoms with Crippen LogP contribution in [0.2, 0.25) is 0 Å². The first-order valence-corrected chi connectivity index (χ1v) is 8.15. The van der Waals surface area contributed by atoms with Crippen molar-refractivity contribution in [3.63, 3.8) is 0 Å². The summed E-state index contributed by atoms with van der Waals surface area (Å²) in [6.07, 6.45) is 17.2. The Morgan fingerprint density at radius 1 is 0.389 bits per heavy atom. The maximum Gasteiger partial charge on any atom is 0.0540 e. The molecule has 18 heavy (non-hydrogen) atoms. The predicted octanol–water partition coefficient (Wildman–Crippen LogP) is 4.18. The third-order valence-corrected chi connectivity index (χ3v) is 4.15. The first kappa shape index (κ1) is 16.0. The van der Waals surface area contributed by atoms with Crippen LogP contribution in [-0.2, 0) is 0 Å². The Hall–Kier alpha value is -0.0800. The van der Waals surface area contributed by atoms with Crippen LogP contribution in [0.4, 0.5) is 0 Å². The van der Waals surface area contributed by atoms with Crippen LogP contribution in [0.5, 0.6) is 0 Å². The fraction of sp³-hybridized carbons (Fsp3) is 1.00. The van der Waals surface area contributed by atoms with Crippen molar-refractivity contribution in [1.82, 2.24) is 0 Å². The van der Waals surface area contributed by atoms with E-state index in [1.807, 2.05) is 0 Å². The van der Waals surface area contributed by atoms with E-state index in [9.17, 15) is 10.2 Å². The van der Waals surface area contributed by atoms with Crippen molar-refractivity contribution in [2.45, 2.75) is 102 Å². The highest BCUT2D eigenvalue weighted by atomic mass is 16.3. The van der Waals surface area contributed by atoms with E-state index in [4.69, 9.17) is 0 Å². The van der Waals surface area contributed by atoms with Gasteiger partial charge in [-0.3, -0.25) is 0 Å². The lowest BCUT2D eigenvalue weighted by Crippen LogP contribution is -2.07. The lowest BCUT2D eigenvalue weighted by molar-refractivity contribution is 0.141. The molecule has 0 heterocycles. The molecule has 2 aliphatic rings. The Kier molecular flexibility index (Phi) is 9.59. The molecule has 0 amide bonds. The van der Waals surface area contributed by atoms with Crippen LogP contribution in [0, 0.1) is 0 Å². The fourth-order valence-corrected chi connectivity index (χ4v) is 2.87. The van der Waals surface area contributed by atoms with Gasteiger partial charge < -0.3 is 10.2 Å². The zero-order valence-electron chi connectivity index (χ0n) is 11.9. The smallest absolute Gasteiger partial charge is 0.0540 e. The number of hydrogen-bond donors (Lipinski definition) is 2. The first-order valence-electron chi connectivity index (χ1n) is 8.15. The molecule has 0 unspecified atom stereocenters. The molecule has 0 atom stereocenters. The summed E-state index contributed by atoms with van der Waals surface area (Å²) >= 11 is 0. The fourth-order valence-electron chi connectivity index (χ4n) is 2.87. The van der Waals surface area contributed by atoms with Gasteiger partial charge in [0.2, 0.25) is 0 Å². The Morgan fingerprint density at radius 3 is 0.889 bits per heavy atom. The van der Waals surface area contributed by atoms with Crippen molar-refractivity contribution in [2.24, 2.45) is 0 Å². The van der Waals surface area contributed by atoms with Gasteiger partial charge in [-0.1, -0.05) is 64.2 Å². The number of aliphatic hydroxyl groups excluding tert-OH is 2. The number of rotatable bonds is 0. The normalized spacial score (nSPS) is 25.0. The van der Waals surface area contributed by atoms with Crippen LogP contribution in [-0.4, -0.2) is 22.4 Å². The Labute approximate surface area is 113 Å². The minimum Gasteiger partial charge on any atom is -0.393 e. The molecule has 0 bridgehead atoms. The van der Waals surface area contributed by atoms with Gasteiger partial charge in [0.1, 0.15) is 0 Å². The van der Waals surface area contributed by atoms with Crippen LogP contribution >= 0.6 is 0 Å². The molecule has 0 aromatic heterocycles. The molecule has 2 heteroatoms. The largest absolute Gasteiger partial charge is 0.393 e. The second kappa shape index (κ2) is 10.8. The molecular formula is C16H32O2. The van der Waals surface area contributed by atoms with Gasteiger partial charge in [0, 0.05) is 0 Å². The van der Waals surface area contributed by atoms with Crippen LogP contribution in [0.15, 0.2) is 0 Å². The highest BCUT2D eigenvalue weighted by Crippen LogP contribution is 2.17. The Balaban J connectivity index is 0.000000180. The van der Waals surface area contributed by atoms with Gasteiger partial charge in [-0.15, -0.1) is 0 Å². The SMILES string of the molecule is OC1CCCCCCC1.OC1CCCCCCC1. The Bertz CT molecular complexity index is 146. The van der Waals surface area contributed by atoms with E-state index >= 15 is 0 Å². The van der Waals surface area contributed by atoms with Crippen molar-refractivity contribution in [3.05, 3.63) is 0 Å². The molecule has 2 fully saturated rings. The monoisotopic (exact) mass is 256 g/mol. The summed E-state index contributed by atoms with van der Waals surface area (Å²) in [5, 5.41) is 18.4. The van der Waals surface area contributed by atoms with Crippen molar-refractivity contribution in [1.29, 1.82) is 0 Å². The molecule has 2 N–H and O–H groups in total. The lowest BCUT2D eigenvalue weighted by Gasteiger charge is -2.13. The average molecular weight is 256 g/mol. The maximum absolute atomic E-state index is 9.21. The number of hydrogen-bond acceptors (Lipinski definition) is 2. The molecular weight excluding hydrogens is 224 g/mol. The molecule has 2 saturated carbocycles. The van der Waals surface area contributed by atoms with Crippen LogP contribution in [0.1, 0.15) is 89.9 Å². The molecule has 0 aromatic rings. The zero-order chi connectivity index (χ0) is 13.1. The maximum atomic E-state index is 9.21. The summed E-state index contributed by atoms with van der Waals surface area (Å²) in [5.41, 5.74) is 0. The molecule has 2 nitrogen and oxygen atoms in total. The van der Waals surface area contributed by atoms with E-state index in [1.54, 1.807) is 0 Å². The van der Waals surface area contributed by atoms with Crippen molar-refractivity contribution < 1.29 is 10.2 Å². The molecule has 0 radical (unpaired) electrons. The molecule has 0 aliphatic heterocycles. The van der Waals surface area contributed by atoms with E-state index in [-0.39, 0.29) is 12.2 Å². The molecule has 108 valence electrons. The van der Waals surface area contributed by atoms with Crippen LogP contribution in [0.3, 0.4) is 0 Å². The van der Waals surface area contributed by atoms with Crippen molar-refractivity contribution >= 4 is 0 Å². The van der Waals surface area contributed by atoms with E-state index in [0.29, 0.717) is 0 Å². The molecule has 0 spiro atoms. The minimum atomic E-state index is 0.0188. The predicted molar refractivity (Wildman–Crippen MR) is 76.7 cm³/mol. The summed E-state index contributed by atoms with van der Waals surface area (Å²) in [5.74, 6) is 0. The molecule has 2 aliphatic carbocycles. The van der Waals surface area contributed by atoms with Crippen molar-refractivity contribution in [2.75, 3.05) is 0 Å². The lowest BCUT2D eigenvalue weighted by atomic mass is 9.99. The minimum absolute atomic E-state index is 0.0188. The average Bonchev–Trinajstić information content (AvgIpc) is 2.30. The van der Waals surface area contributed by atoms with Gasteiger partial charge >= 0.3 is 0 Å². The standard InChI is InChI=1S/2C8H16O/c2*9-8-6-4-2-1-3-5-7-8/h2*8-9H,1-7H2. The van der Waals surface area contributed by atoms with Gasteiger partial charge in [-0.05, 0) is 25.7 Å². The van der Waals surface area contributed by atoms with E-state index in [1.165, 1.54) is 64.2 Å². The summed E-state index contributed by atoms with van der Waals surface area (Å²) in [6, 6.07) is 0. The third-order valence-electron chi connectivity index (χ3n) is 4.15. The van der Waals surface area contributed by atoms with Crippen LogP contribution in [0.25, 0.3) is 0 Å². The summed E-state index contributed by atoms with van der Waals surface area (Å²) in [4.78, 5) is 0. The molecule has 0 aromatic carbocycles. The highest BCUT2D eigenvalue weighted by Gasteiger charge is 2.06. The Morgan fingerprint density at radius 2 is 0.611 bits per heavy atom. The first-order chi connectivity index (χ1) is 8.79. The van der Waals surface area contributed by atoms with E-state index < -0.39 is 0 Å². The summed E-state index contributed by atoms with van der Waals surface area (Å²) < 4.78 is 0. The second-order valence-corrected chi connectivity index (χ2v) is 6.00. The quantitative estimate of drug-likeness (QED) is 0.682. The van der Waals surface area contributed by atoms with E-state index in [2.05, 4.69) is 0 Å². The van der Waals surface area contributed by atoms with E-state index in [0.717, 1.165) is 25.7 Å². The van der Waals surface area contributed by atoms with Gasteiger partial charge in [-0.2, -0.15) is 0 Å². The van der Waals surface area contributed by atoms with Gasteiger partial charge in [0.25, 0.3) is 0 Å². The number of aliphatic hydroxyl groups is 2. The highest BCUT2D eigenvalue weighted by molar-refractivity contribution is 4.60. The van der Waals surface area contributed by atoms with Gasteiger partial charge in [0.15, 0.2) is 0 Å². The van der Waals surface area contributed by atoms with Crippen molar-refractivity contribution in [3.8, 4) is 0 Å². The topological polar surface area (TPSA) is 40.5 Å². The molecule has 0 saturated heterocycles. The second-order valence-electron chi connectivity index (χ2n) is 6.00. The van der Waals surface area contributed by atoms with Gasteiger partial charge in [0.05, 0.1) is 12.2 Å².